The molecule has 4 rings (SSSR count). The highest BCUT2D eigenvalue weighted by Gasteiger charge is 2.29. The van der Waals surface area contributed by atoms with E-state index in [-0.39, 0.29) is 0 Å². The number of aromatic nitrogens is 1. The third kappa shape index (κ3) is 4.60. The van der Waals surface area contributed by atoms with Gasteiger partial charge in [0.05, 0.1) is 26.5 Å². The van der Waals surface area contributed by atoms with Crippen LogP contribution in [0.25, 0.3) is 0 Å². The Bertz CT molecular complexity index is 836. The largest absolute Gasteiger partial charge is 0.493 e. The molecule has 1 aromatic heterocycles. The number of thiazole rings is 1. The van der Waals surface area contributed by atoms with Gasteiger partial charge in [-0.05, 0) is 55.0 Å². The number of likely N-dealkylation sites (tertiary alicyclic amines) is 1. The fourth-order valence-electron chi connectivity index (χ4n) is 4.54. The zero-order valence-corrected chi connectivity index (χ0v) is 18.9. The lowest BCUT2D eigenvalue weighted by molar-refractivity contribution is 0.0836. The Balaban J connectivity index is 1.41. The third-order valence-electron chi connectivity index (χ3n) is 6.26. The molecule has 0 radical (unpaired) electrons. The van der Waals surface area contributed by atoms with E-state index < -0.39 is 0 Å². The van der Waals surface area contributed by atoms with Gasteiger partial charge in [-0.2, -0.15) is 0 Å². The van der Waals surface area contributed by atoms with E-state index in [2.05, 4.69) is 41.2 Å². The van der Waals surface area contributed by atoms with Crippen molar-refractivity contribution in [1.82, 2.24) is 14.8 Å². The van der Waals surface area contributed by atoms with Crippen molar-refractivity contribution < 1.29 is 9.47 Å². The van der Waals surface area contributed by atoms with Crippen molar-refractivity contribution in [3.05, 3.63) is 39.3 Å². The van der Waals surface area contributed by atoms with Gasteiger partial charge in [0.1, 0.15) is 5.01 Å². The average molecular weight is 416 g/mol. The molecule has 0 saturated carbocycles. The second-order valence-electron chi connectivity index (χ2n) is 8.55. The lowest BCUT2D eigenvalue weighted by Crippen LogP contribution is -2.49. The van der Waals surface area contributed by atoms with Crippen molar-refractivity contribution >= 4 is 11.3 Å². The van der Waals surface area contributed by atoms with Crippen LogP contribution in [0, 0.1) is 0 Å². The van der Waals surface area contributed by atoms with Crippen LogP contribution in [0.3, 0.4) is 0 Å². The number of fused-ring (bicyclic) bond motifs is 1. The van der Waals surface area contributed by atoms with Gasteiger partial charge in [-0.1, -0.05) is 13.8 Å². The highest BCUT2D eigenvalue weighted by atomic mass is 32.1. The van der Waals surface area contributed by atoms with Gasteiger partial charge in [0.25, 0.3) is 0 Å². The Kier molecular flexibility index (Phi) is 6.42. The first kappa shape index (κ1) is 20.6. The summed E-state index contributed by atoms with van der Waals surface area (Å²) in [6, 6.07) is 4.95. The first-order chi connectivity index (χ1) is 14.1. The summed E-state index contributed by atoms with van der Waals surface area (Å²) in [5.74, 6) is 2.19. The molecular weight excluding hydrogens is 382 g/mol. The molecule has 29 heavy (non-hydrogen) atoms. The van der Waals surface area contributed by atoms with Crippen LogP contribution >= 0.6 is 11.3 Å². The molecule has 1 unspecified atom stereocenters. The number of hydrogen-bond acceptors (Lipinski definition) is 6. The van der Waals surface area contributed by atoms with Gasteiger partial charge in [-0.25, -0.2) is 4.98 Å². The highest BCUT2D eigenvalue weighted by Crippen LogP contribution is 2.34. The minimum absolute atomic E-state index is 0.512. The molecular formula is C23H33N3O2S. The zero-order valence-electron chi connectivity index (χ0n) is 18.1. The van der Waals surface area contributed by atoms with Crippen LogP contribution in [0.1, 0.15) is 54.4 Å². The molecule has 0 aliphatic carbocycles. The number of benzene rings is 1. The predicted molar refractivity (Wildman–Crippen MR) is 118 cm³/mol. The molecule has 1 aromatic carbocycles. The lowest BCUT2D eigenvalue weighted by Gasteiger charge is -2.41. The van der Waals surface area contributed by atoms with Crippen molar-refractivity contribution in [2.24, 2.45) is 0 Å². The highest BCUT2D eigenvalue weighted by molar-refractivity contribution is 7.09. The molecule has 2 aliphatic heterocycles. The Morgan fingerprint density at radius 2 is 1.90 bits per heavy atom. The molecule has 0 amide bonds. The molecule has 1 fully saturated rings. The molecule has 158 valence electrons. The molecule has 1 saturated heterocycles. The van der Waals surface area contributed by atoms with Crippen LogP contribution in [0.4, 0.5) is 0 Å². The standard InChI is InChI=1S/C23H33N3O2S/c1-16(2)20-15-29-23(24-20)14-25-8-5-6-19(13-25)26-9-7-17-10-21(27-3)22(28-4)11-18(17)12-26/h10-11,15-16,19H,5-9,12-14H2,1-4H3. The summed E-state index contributed by atoms with van der Waals surface area (Å²) in [5.41, 5.74) is 4.01. The molecule has 1 atom stereocenters. The van der Waals surface area contributed by atoms with E-state index in [9.17, 15) is 0 Å². The second kappa shape index (κ2) is 9.02. The van der Waals surface area contributed by atoms with Crippen LogP contribution in [0.15, 0.2) is 17.5 Å². The number of rotatable bonds is 6. The maximum Gasteiger partial charge on any atom is 0.161 e. The maximum atomic E-state index is 5.53. The maximum absolute atomic E-state index is 5.53. The molecule has 3 heterocycles. The number of ether oxygens (including phenoxy) is 2. The average Bonchev–Trinajstić information content (AvgIpc) is 3.21. The molecule has 0 N–H and O–H groups in total. The molecule has 2 aliphatic rings. The molecule has 0 spiro atoms. The van der Waals surface area contributed by atoms with Crippen LogP contribution in [0.5, 0.6) is 11.5 Å². The van der Waals surface area contributed by atoms with Gasteiger partial charge in [-0.15, -0.1) is 11.3 Å². The number of nitrogens with zero attached hydrogens (tertiary/aromatic N) is 3. The SMILES string of the molecule is COc1cc2c(cc1OC)CN(C1CCCN(Cc3nc(C(C)C)cs3)C1)CC2. The topological polar surface area (TPSA) is 37.8 Å². The Labute approximate surface area is 178 Å². The fourth-order valence-corrected chi connectivity index (χ4v) is 5.54. The summed E-state index contributed by atoms with van der Waals surface area (Å²) in [5, 5.41) is 3.49. The van der Waals surface area contributed by atoms with E-state index in [0.717, 1.165) is 44.1 Å². The van der Waals surface area contributed by atoms with Crippen LogP contribution in [0.2, 0.25) is 0 Å². The third-order valence-corrected chi connectivity index (χ3v) is 7.12. The van der Waals surface area contributed by atoms with E-state index in [1.807, 2.05) is 11.3 Å². The number of methoxy groups -OCH3 is 2. The summed E-state index contributed by atoms with van der Waals surface area (Å²) in [7, 11) is 3.43. The van der Waals surface area contributed by atoms with Crippen molar-refractivity contribution in [3.63, 3.8) is 0 Å². The smallest absolute Gasteiger partial charge is 0.161 e. The van der Waals surface area contributed by atoms with Gasteiger partial charge in [-0.3, -0.25) is 9.80 Å². The van der Waals surface area contributed by atoms with Crippen molar-refractivity contribution in [2.45, 2.75) is 58.2 Å². The second-order valence-corrected chi connectivity index (χ2v) is 9.49. The van der Waals surface area contributed by atoms with Crippen LogP contribution in [-0.2, 0) is 19.5 Å². The van der Waals surface area contributed by atoms with Crippen molar-refractivity contribution in [3.8, 4) is 11.5 Å². The van der Waals surface area contributed by atoms with E-state index in [1.165, 1.54) is 41.2 Å². The van der Waals surface area contributed by atoms with Gasteiger partial charge in [0.15, 0.2) is 11.5 Å². The van der Waals surface area contributed by atoms with Crippen LogP contribution in [-0.4, -0.2) is 54.7 Å². The summed E-state index contributed by atoms with van der Waals surface area (Å²) in [6.07, 6.45) is 3.63. The Morgan fingerprint density at radius 3 is 2.59 bits per heavy atom. The summed E-state index contributed by atoms with van der Waals surface area (Å²) >= 11 is 1.81. The van der Waals surface area contributed by atoms with E-state index in [4.69, 9.17) is 14.5 Å². The van der Waals surface area contributed by atoms with E-state index in [0.29, 0.717) is 12.0 Å². The summed E-state index contributed by atoms with van der Waals surface area (Å²) in [6.45, 7) is 9.87. The zero-order chi connectivity index (χ0) is 20.4. The van der Waals surface area contributed by atoms with Crippen molar-refractivity contribution in [2.75, 3.05) is 33.9 Å². The molecule has 0 bridgehead atoms. The summed E-state index contributed by atoms with van der Waals surface area (Å²) < 4.78 is 11.0. The van der Waals surface area contributed by atoms with Gasteiger partial charge < -0.3 is 9.47 Å². The normalized spacial score (nSPS) is 20.7. The predicted octanol–water partition coefficient (Wildman–Crippen LogP) is 4.31. The van der Waals surface area contributed by atoms with Crippen LogP contribution < -0.4 is 9.47 Å². The Morgan fingerprint density at radius 1 is 1.14 bits per heavy atom. The van der Waals surface area contributed by atoms with Gasteiger partial charge in [0.2, 0.25) is 0 Å². The number of hydrogen-bond donors (Lipinski definition) is 0. The lowest BCUT2D eigenvalue weighted by atomic mass is 9.95. The Hall–Kier alpha value is -1.63. The fraction of sp³-hybridized carbons (Fsp3) is 0.609. The first-order valence-corrected chi connectivity index (χ1v) is 11.6. The number of piperidine rings is 1. The molecule has 6 heteroatoms. The molecule has 5 nitrogen and oxygen atoms in total. The van der Waals surface area contributed by atoms with Crippen molar-refractivity contribution in [1.29, 1.82) is 0 Å². The summed E-state index contributed by atoms with van der Waals surface area (Å²) in [4.78, 5) is 10.1. The molecule has 2 aromatic rings. The quantitative estimate of drug-likeness (QED) is 0.703. The first-order valence-electron chi connectivity index (χ1n) is 10.7. The minimum Gasteiger partial charge on any atom is -0.493 e. The van der Waals surface area contributed by atoms with E-state index >= 15 is 0 Å². The van der Waals surface area contributed by atoms with E-state index in [1.54, 1.807) is 14.2 Å². The van der Waals surface area contributed by atoms with Gasteiger partial charge in [0, 0.05) is 31.1 Å². The minimum atomic E-state index is 0.512. The van der Waals surface area contributed by atoms with Gasteiger partial charge >= 0.3 is 0 Å². The monoisotopic (exact) mass is 415 g/mol.